The van der Waals surface area contributed by atoms with Crippen LogP contribution < -0.4 is 56.6 Å². The molecule has 8 aromatic rings. The molecule has 0 spiro atoms. The Kier molecular flexibility index (Phi) is 68.8. The smallest absolute Gasteiger partial charge is 0.463 e. The molecule has 0 saturated carbocycles. The minimum atomic E-state index is -1.64. The Morgan fingerprint density at radius 3 is 1.30 bits per heavy atom. The first-order valence-corrected chi connectivity index (χ1v) is 43.0. The summed E-state index contributed by atoms with van der Waals surface area (Å²) in [6.45, 7) is 43.8. The predicted octanol–water partition coefficient (Wildman–Crippen LogP) is 17.2. The number of carbonyl (C=O) groups is 3. The van der Waals surface area contributed by atoms with Crippen molar-refractivity contribution in [2.45, 2.75) is 196 Å². The van der Waals surface area contributed by atoms with Gasteiger partial charge >= 0.3 is 68.5 Å². The second-order valence-corrected chi connectivity index (χ2v) is 34.5. The fourth-order valence-corrected chi connectivity index (χ4v) is 12.4. The zero-order chi connectivity index (χ0) is 81.9. The Labute approximate surface area is 739 Å². The van der Waals surface area contributed by atoms with E-state index >= 15 is 0 Å². The molecule has 1 aliphatic rings. The summed E-state index contributed by atoms with van der Waals surface area (Å²) in [5.41, 5.74) is 10.2. The maximum absolute atomic E-state index is 13.1. The number of esters is 2. The average Bonchev–Trinajstić information content (AvgIpc) is 0.928. The molecule has 15 heteroatoms. The van der Waals surface area contributed by atoms with Gasteiger partial charge in [-0.25, -0.2) is 4.79 Å². The van der Waals surface area contributed by atoms with Crippen molar-refractivity contribution < 1.29 is 99.8 Å². The van der Waals surface area contributed by atoms with Gasteiger partial charge in [0.15, 0.2) is 14.1 Å². The van der Waals surface area contributed by atoms with Crippen LogP contribution in [0.2, 0.25) is 18.1 Å². The third-order valence-electron chi connectivity index (χ3n) is 18.5. The summed E-state index contributed by atoms with van der Waals surface area (Å²) in [5.74, 6) is 1.73. The summed E-state index contributed by atoms with van der Waals surface area (Å²) in [6.07, 6.45) is 16.0. The van der Waals surface area contributed by atoms with Gasteiger partial charge in [-0.1, -0.05) is 289 Å². The van der Waals surface area contributed by atoms with Gasteiger partial charge in [0.2, 0.25) is 0 Å². The number of allylic oxidation sites excluding steroid dienone is 1. The summed E-state index contributed by atoms with van der Waals surface area (Å²) in [5, 5.41) is 17.8. The van der Waals surface area contributed by atoms with E-state index in [-0.39, 0.29) is 118 Å². The molecule has 0 aliphatic carbocycles. The van der Waals surface area contributed by atoms with E-state index in [0.29, 0.717) is 42.4 Å². The van der Waals surface area contributed by atoms with E-state index in [1.54, 1.807) is 13.8 Å². The maximum atomic E-state index is 13.1. The standard InChI is InChI=1S/C30H36O3.C23H23.C13H26O2Si.C9H11.C8H8.C6H10O3.C4H8O.C4H9.CH2Cl2.CH4.3Li/c1-4-24(25-14-8-5-9-15-25)22-30(26-16-10-6-11-17-26,27-18-12-7-13-19-27)23-29(2,3)28(32)33-21-20-31;1-2-19(20-12-6-3-7-13-20)18-23(21-14-8-4-9-15-21)22-16-10-5-11-17-22;1-11(2)12(14)9-8-10-15-16(6,7)13(3,4)5;1-2-6-9-7-4-3-5-8-9;1-2-8-6-4-3-5-7-8;1-5(2)6(8)9-4-3-7;1-2-4-5-3-1;1-3-4-2;2-1-3;;;;/h5-19,24,31H,4,20-23H2,1-3H3;3-17,19H,2,18H2,1H3;1,8-10H2,2-7H3;3-8H,2H2,1H3;2-7H,1H2;7H,1,3-4H2,2H3;1-4H2;1,3-4H2,2H3;1H2;1H4;;;/q;-1;;-1;;;;-1;;;3*+1. The molecular formula is C99H137Cl2Li3O9Si. The number of benzene rings is 8. The molecule has 0 bridgehead atoms. The summed E-state index contributed by atoms with van der Waals surface area (Å²) in [4.78, 5) is 34.8. The van der Waals surface area contributed by atoms with Crippen molar-refractivity contribution >= 4 is 55.3 Å². The van der Waals surface area contributed by atoms with Crippen LogP contribution in [0, 0.1) is 24.7 Å². The molecular weight excluding hydrogens is 1450 g/mol. The molecule has 0 radical (unpaired) electrons. The van der Waals surface area contributed by atoms with E-state index in [0.717, 1.165) is 58.2 Å². The second-order valence-electron chi connectivity index (χ2n) is 28.9. The van der Waals surface area contributed by atoms with E-state index in [9.17, 15) is 14.4 Å². The monoisotopic (exact) mass is 1590 g/mol. The average molecular weight is 1590 g/mol. The van der Waals surface area contributed by atoms with Crippen LogP contribution in [0.25, 0.3) is 6.08 Å². The zero-order valence-corrected chi connectivity index (χ0v) is 74.4. The number of carbonyl (C=O) groups excluding carboxylic acids is 3. The number of rotatable bonds is 30. The second kappa shape index (κ2) is 68.8. The van der Waals surface area contributed by atoms with Gasteiger partial charge in [-0.2, -0.15) is 30.5 Å². The molecule has 8 aromatic carbocycles. The number of hydrogen-bond acceptors (Lipinski definition) is 9. The Hall–Kier alpha value is -6.24. The van der Waals surface area contributed by atoms with Gasteiger partial charge in [0.1, 0.15) is 13.2 Å². The van der Waals surface area contributed by atoms with Crippen LogP contribution in [-0.4, -0.2) is 87.8 Å². The van der Waals surface area contributed by atoms with Crippen molar-refractivity contribution in [2.75, 3.05) is 51.6 Å². The van der Waals surface area contributed by atoms with Crippen LogP contribution in [0.4, 0.5) is 0 Å². The largest absolute Gasteiger partial charge is 1.00 e. The molecule has 608 valence electrons. The first-order chi connectivity index (χ1) is 52.8. The Morgan fingerprint density at radius 2 is 0.965 bits per heavy atom. The summed E-state index contributed by atoms with van der Waals surface area (Å²) >= 11 is 9.53. The van der Waals surface area contributed by atoms with Crippen LogP contribution in [0.1, 0.15) is 217 Å². The molecule has 9 nitrogen and oxygen atoms in total. The van der Waals surface area contributed by atoms with E-state index in [1.807, 2.05) is 68.5 Å². The Balaban J connectivity index is -0.000000654. The first kappa shape index (κ1) is 114. The first-order valence-electron chi connectivity index (χ1n) is 39.0. The van der Waals surface area contributed by atoms with Crippen LogP contribution >= 0.6 is 23.2 Å². The molecule has 2 unspecified atom stereocenters. The fraction of sp³-hybridized carbons (Fsp3) is 0.394. The van der Waals surface area contributed by atoms with Crippen LogP contribution in [-0.2, 0) is 38.4 Å². The number of ketones is 1. The maximum Gasteiger partial charge on any atom is 1.00 e. The van der Waals surface area contributed by atoms with Gasteiger partial charge in [-0.3, -0.25) is 9.59 Å². The van der Waals surface area contributed by atoms with E-state index < -0.39 is 19.7 Å². The topological polar surface area (TPSA) is 129 Å². The van der Waals surface area contributed by atoms with E-state index in [4.69, 9.17) is 47.3 Å². The SMILES string of the molecule is C.C1CCOC1.C=C(C)C(=O)CCCO[Si](C)(C)C(C)(C)C.C=C(C)C(=O)OCCO.C=Cc1ccccc1.CCC(CC(CC(C)(C)C(=O)OCCO)(c1ccccc1)c1ccccc1)c1ccccc1.CCC(C[C-](c1ccccc1)c1ccccc1)c1ccccc1.CC[CH-]c1ccccc1.ClCCl.[CH2-]CCC.[Li+].[Li+].[Li+]. The molecule has 1 aliphatic heterocycles. The third kappa shape index (κ3) is 48.5. The molecule has 2 N–H and O–H groups in total. The number of alkyl halides is 2. The van der Waals surface area contributed by atoms with Gasteiger partial charge in [0.25, 0.3) is 0 Å². The zero-order valence-electron chi connectivity index (χ0n) is 71.9. The van der Waals surface area contributed by atoms with Crippen LogP contribution in [0.3, 0.4) is 0 Å². The molecule has 0 aromatic heterocycles. The fourth-order valence-electron chi connectivity index (χ4n) is 11.3. The molecule has 0 amide bonds. The van der Waals surface area contributed by atoms with Crippen molar-refractivity contribution in [1.29, 1.82) is 0 Å². The van der Waals surface area contributed by atoms with E-state index in [1.165, 1.54) is 69.7 Å². The number of ether oxygens (including phenoxy) is 3. The van der Waals surface area contributed by atoms with Crippen molar-refractivity contribution in [1.82, 2.24) is 0 Å². The Morgan fingerprint density at radius 1 is 0.588 bits per heavy atom. The van der Waals surface area contributed by atoms with E-state index in [2.05, 4.69) is 294 Å². The molecule has 2 atom stereocenters. The third-order valence-corrected chi connectivity index (χ3v) is 23.1. The van der Waals surface area contributed by atoms with Crippen molar-refractivity contribution in [3.05, 3.63) is 337 Å². The molecule has 1 heterocycles. The predicted molar refractivity (Wildman–Crippen MR) is 478 cm³/mol. The van der Waals surface area contributed by atoms with Crippen LogP contribution in [0.5, 0.6) is 0 Å². The number of aliphatic hydroxyl groups is 2. The Bertz CT molecular complexity index is 3540. The summed E-state index contributed by atoms with van der Waals surface area (Å²) in [7, 11) is -1.64. The van der Waals surface area contributed by atoms with Crippen LogP contribution in [0.15, 0.2) is 274 Å². The number of hydrogen-bond donors (Lipinski definition) is 2. The van der Waals surface area contributed by atoms with Crippen molar-refractivity contribution in [3.8, 4) is 0 Å². The number of unbranched alkanes of at least 4 members (excludes halogenated alkanes) is 1. The molecule has 9 rings (SSSR count). The summed E-state index contributed by atoms with van der Waals surface area (Å²) < 4.78 is 20.8. The molecule has 1 fully saturated rings. The number of aliphatic hydroxyl groups excluding tert-OH is 2. The van der Waals surface area contributed by atoms with Gasteiger partial charge in [0.05, 0.1) is 24.0 Å². The van der Waals surface area contributed by atoms with Gasteiger partial charge in [-0.05, 0) is 142 Å². The molecule has 1 saturated heterocycles. The minimum Gasteiger partial charge on any atom is -0.463 e. The minimum absolute atomic E-state index is 0. The van der Waals surface area contributed by atoms with Crippen molar-refractivity contribution in [3.63, 3.8) is 0 Å². The van der Waals surface area contributed by atoms with Gasteiger partial charge in [0, 0.05) is 37.2 Å². The normalized spacial score (nSPS) is 11.4. The van der Waals surface area contributed by atoms with Gasteiger partial charge < -0.3 is 35.8 Å². The van der Waals surface area contributed by atoms with Crippen molar-refractivity contribution in [2.24, 2.45) is 5.41 Å². The number of halogens is 2. The number of Topliss-reactive ketones (excluding diaryl/α,β-unsaturated/α-hetero) is 1. The quantitative estimate of drug-likeness (QED) is 0.0113. The molecule has 114 heavy (non-hydrogen) atoms. The van der Waals surface area contributed by atoms with Gasteiger partial charge in [-0.15, -0.1) is 76.6 Å². The summed E-state index contributed by atoms with van der Waals surface area (Å²) in [6, 6.07) is 84.6.